The van der Waals surface area contributed by atoms with Crippen LogP contribution >= 0.6 is 0 Å². The quantitative estimate of drug-likeness (QED) is 0.496. The summed E-state index contributed by atoms with van der Waals surface area (Å²) in [5, 5.41) is 0. The molecule has 0 radical (unpaired) electrons. The Morgan fingerprint density at radius 1 is 0.806 bits per heavy atom. The summed E-state index contributed by atoms with van der Waals surface area (Å²) >= 11 is 0. The summed E-state index contributed by atoms with van der Waals surface area (Å²) in [6.45, 7) is 3.44. The number of morpholine rings is 1. The molecule has 12 heteroatoms. The average molecular weight is 506 g/mol. The zero-order chi connectivity index (χ0) is 25.3. The second kappa shape index (κ2) is 9.84. The number of anilines is 3. The van der Waals surface area contributed by atoms with Crippen molar-refractivity contribution in [3.8, 4) is 11.3 Å². The molecular weight excluding hydrogens is 483 g/mol. The van der Waals surface area contributed by atoms with E-state index < -0.39 is 23.4 Å². The van der Waals surface area contributed by atoms with Crippen molar-refractivity contribution >= 4 is 17.6 Å². The number of piperazine rings is 1. The van der Waals surface area contributed by atoms with Crippen molar-refractivity contribution in [2.24, 2.45) is 0 Å². The van der Waals surface area contributed by atoms with Crippen molar-refractivity contribution in [2.75, 3.05) is 67.2 Å². The minimum atomic E-state index is -4.51. The van der Waals surface area contributed by atoms with E-state index >= 15 is 0 Å². The van der Waals surface area contributed by atoms with Crippen molar-refractivity contribution in [2.45, 2.75) is 6.18 Å². The van der Waals surface area contributed by atoms with Gasteiger partial charge in [0.2, 0.25) is 5.95 Å². The van der Waals surface area contributed by atoms with E-state index in [-0.39, 0.29) is 24.5 Å². The Labute approximate surface area is 204 Å². The summed E-state index contributed by atoms with van der Waals surface area (Å²) in [5.74, 6) is -0.639. The Hall–Kier alpha value is -3.54. The number of nitrogens with zero attached hydrogens (tertiary/aromatic N) is 6. The molecule has 0 amide bonds. The lowest BCUT2D eigenvalue weighted by molar-refractivity contribution is -0.137. The molecule has 0 unspecified atom stereocenters. The molecule has 2 fully saturated rings. The molecule has 2 aliphatic heterocycles. The molecular formula is C24H23F5N6O. The fourth-order valence-corrected chi connectivity index (χ4v) is 4.34. The second-order valence-corrected chi connectivity index (χ2v) is 8.48. The highest BCUT2D eigenvalue weighted by atomic mass is 19.4. The third kappa shape index (κ3) is 5.03. The van der Waals surface area contributed by atoms with Crippen molar-refractivity contribution in [3.63, 3.8) is 0 Å². The van der Waals surface area contributed by atoms with Crippen molar-refractivity contribution in [3.05, 3.63) is 59.8 Å². The highest BCUT2D eigenvalue weighted by Crippen LogP contribution is 2.36. The number of alkyl halides is 3. The average Bonchev–Trinajstić information content (AvgIpc) is 2.88. The van der Waals surface area contributed by atoms with Crippen LogP contribution in [0.5, 0.6) is 0 Å². The molecule has 7 nitrogen and oxygen atoms in total. The van der Waals surface area contributed by atoms with Gasteiger partial charge in [-0.1, -0.05) is 0 Å². The standard InChI is InChI=1S/C24H23F5N6O/c25-16-3-4-17(19(26)14-16)20-15-21(33-10-12-36-13-11-33)32-23(31-20)35-8-6-34(7-9-35)22-18(24(27,28)29)2-1-5-30-22/h1-5,14-15H,6-13H2. The third-order valence-corrected chi connectivity index (χ3v) is 6.20. The molecule has 2 aromatic heterocycles. The molecule has 0 bridgehead atoms. The van der Waals surface area contributed by atoms with Gasteiger partial charge < -0.3 is 19.4 Å². The third-order valence-electron chi connectivity index (χ3n) is 6.20. The molecule has 190 valence electrons. The monoisotopic (exact) mass is 506 g/mol. The Balaban J connectivity index is 1.43. The van der Waals surface area contributed by atoms with E-state index in [0.717, 1.165) is 12.1 Å². The lowest BCUT2D eigenvalue weighted by atomic mass is 10.1. The maximum absolute atomic E-state index is 14.6. The molecule has 36 heavy (non-hydrogen) atoms. The number of benzene rings is 1. The molecule has 4 heterocycles. The van der Waals surface area contributed by atoms with Crippen LogP contribution in [0.1, 0.15) is 5.56 Å². The molecule has 0 aliphatic carbocycles. The first kappa shape index (κ1) is 24.2. The van der Waals surface area contributed by atoms with E-state index in [4.69, 9.17) is 4.74 Å². The van der Waals surface area contributed by atoms with E-state index in [9.17, 15) is 22.0 Å². The topological polar surface area (TPSA) is 57.6 Å². The number of hydrogen-bond donors (Lipinski definition) is 0. The van der Waals surface area contributed by atoms with Gasteiger partial charge in [-0.15, -0.1) is 0 Å². The number of aromatic nitrogens is 3. The number of halogens is 5. The smallest absolute Gasteiger partial charge is 0.378 e. The molecule has 1 aromatic carbocycles. The first-order chi connectivity index (χ1) is 17.3. The maximum atomic E-state index is 14.6. The molecule has 0 saturated carbocycles. The van der Waals surface area contributed by atoms with E-state index in [1.807, 2.05) is 9.80 Å². The van der Waals surface area contributed by atoms with Gasteiger partial charge in [-0.2, -0.15) is 18.2 Å². The number of hydrogen-bond acceptors (Lipinski definition) is 7. The van der Waals surface area contributed by atoms with Gasteiger partial charge in [0.1, 0.15) is 23.3 Å². The van der Waals surface area contributed by atoms with Gasteiger partial charge in [-0.05, 0) is 24.3 Å². The van der Waals surface area contributed by atoms with Crippen molar-refractivity contribution < 1.29 is 26.7 Å². The SMILES string of the molecule is Fc1ccc(-c2cc(N3CCOCC3)nc(N3CCN(c4ncccc4C(F)(F)F)CC3)n2)c(F)c1. The van der Waals surface area contributed by atoms with Gasteiger partial charge in [0.25, 0.3) is 0 Å². The number of ether oxygens (including phenoxy) is 1. The fraction of sp³-hybridized carbons (Fsp3) is 0.375. The molecule has 0 N–H and O–H groups in total. The van der Waals surface area contributed by atoms with Crippen LogP contribution in [0.2, 0.25) is 0 Å². The van der Waals surface area contributed by atoms with Crippen LogP contribution in [0.15, 0.2) is 42.6 Å². The Kier molecular flexibility index (Phi) is 6.61. The largest absolute Gasteiger partial charge is 0.419 e. The molecule has 0 spiro atoms. The molecule has 0 atom stereocenters. The summed E-state index contributed by atoms with van der Waals surface area (Å²) < 4.78 is 73.9. The Bertz CT molecular complexity index is 1230. The summed E-state index contributed by atoms with van der Waals surface area (Å²) in [6, 6.07) is 7.24. The Morgan fingerprint density at radius 3 is 2.22 bits per heavy atom. The predicted octanol–water partition coefficient (Wildman–Crippen LogP) is 4.00. The normalized spacial score (nSPS) is 17.0. The molecule has 2 aliphatic rings. The lowest BCUT2D eigenvalue weighted by Gasteiger charge is -2.37. The minimum absolute atomic E-state index is 0.110. The van der Waals surface area contributed by atoms with Crippen LogP contribution in [0.4, 0.5) is 39.5 Å². The molecule has 5 rings (SSSR count). The summed E-state index contributed by atoms with van der Waals surface area (Å²) in [7, 11) is 0. The summed E-state index contributed by atoms with van der Waals surface area (Å²) in [6.07, 6.45) is -3.17. The van der Waals surface area contributed by atoms with Crippen LogP contribution in [0, 0.1) is 11.6 Å². The second-order valence-electron chi connectivity index (χ2n) is 8.48. The molecule has 2 saturated heterocycles. The van der Waals surface area contributed by atoms with E-state index in [0.29, 0.717) is 56.9 Å². The zero-order valence-electron chi connectivity index (χ0n) is 19.2. The number of pyridine rings is 1. The summed E-state index contributed by atoms with van der Waals surface area (Å²) in [4.78, 5) is 18.6. The minimum Gasteiger partial charge on any atom is -0.378 e. The van der Waals surface area contributed by atoms with Crippen LogP contribution in [0.25, 0.3) is 11.3 Å². The van der Waals surface area contributed by atoms with Crippen LogP contribution < -0.4 is 14.7 Å². The van der Waals surface area contributed by atoms with E-state index in [2.05, 4.69) is 15.0 Å². The van der Waals surface area contributed by atoms with Gasteiger partial charge in [-0.3, -0.25) is 0 Å². The van der Waals surface area contributed by atoms with Gasteiger partial charge in [0.05, 0.1) is 24.5 Å². The number of rotatable bonds is 4. The van der Waals surface area contributed by atoms with Gasteiger partial charge >= 0.3 is 6.18 Å². The van der Waals surface area contributed by atoms with Crippen molar-refractivity contribution in [1.29, 1.82) is 0 Å². The highest BCUT2D eigenvalue weighted by molar-refractivity contribution is 5.66. The first-order valence-electron chi connectivity index (χ1n) is 11.5. The highest BCUT2D eigenvalue weighted by Gasteiger charge is 2.36. The summed E-state index contributed by atoms with van der Waals surface area (Å²) in [5.41, 5.74) is -0.347. The van der Waals surface area contributed by atoms with Gasteiger partial charge in [0, 0.05) is 63.2 Å². The maximum Gasteiger partial charge on any atom is 0.419 e. The van der Waals surface area contributed by atoms with E-state index in [1.54, 1.807) is 11.0 Å². The Morgan fingerprint density at radius 2 is 1.53 bits per heavy atom. The predicted molar refractivity (Wildman–Crippen MR) is 124 cm³/mol. The lowest BCUT2D eigenvalue weighted by Crippen LogP contribution is -2.48. The van der Waals surface area contributed by atoms with E-state index in [1.165, 1.54) is 24.4 Å². The first-order valence-corrected chi connectivity index (χ1v) is 11.5. The zero-order valence-corrected chi connectivity index (χ0v) is 19.2. The van der Waals surface area contributed by atoms with Gasteiger partial charge in [-0.25, -0.2) is 18.7 Å². The van der Waals surface area contributed by atoms with Crippen molar-refractivity contribution in [1.82, 2.24) is 15.0 Å². The van der Waals surface area contributed by atoms with Crippen LogP contribution in [-0.2, 0) is 10.9 Å². The fourth-order valence-electron chi connectivity index (χ4n) is 4.34. The van der Waals surface area contributed by atoms with Crippen LogP contribution in [-0.4, -0.2) is 67.4 Å². The van der Waals surface area contributed by atoms with Crippen LogP contribution in [0.3, 0.4) is 0 Å². The van der Waals surface area contributed by atoms with Gasteiger partial charge in [0.15, 0.2) is 0 Å². The molecule has 3 aromatic rings.